The number of hydrogen-bond acceptors (Lipinski definition) is 1. The molecule has 7 heteroatoms. The first-order chi connectivity index (χ1) is 11.7. The molecule has 1 aliphatic rings. The van der Waals surface area contributed by atoms with Crippen LogP contribution in [0.1, 0.15) is 46.7 Å². The number of benzene rings is 2. The largest absolute Gasteiger partial charge is 0.417 e. The van der Waals surface area contributed by atoms with E-state index in [1.165, 1.54) is 24.6 Å². The summed E-state index contributed by atoms with van der Waals surface area (Å²) in [6.07, 6.45) is -1.06. The fourth-order valence-electron chi connectivity index (χ4n) is 2.50. The zero-order valence-corrected chi connectivity index (χ0v) is 13.9. The van der Waals surface area contributed by atoms with E-state index in [9.17, 15) is 22.4 Å². The molecule has 2 aromatic rings. The van der Waals surface area contributed by atoms with Crippen molar-refractivity contribution in [3.05, 3.63) is 70.0 Å². The number of nitrogens with two attached hydrogens (primary N) is 1. The molecule has 0 bridgehead atoms. The second-order valence-electron chi connectivity index (χ2n) is 5.70. The number of amides is 1. The molecule has 2 nitrogen and oxygen atoms in total. The van der Waals surface area contributed by atoms with Gasteiger partial charge in [-0.25, -0.2) is 4.39 Å². The molecule has 0 unspecified atom stereocenters. The highest BCUT2D eigenvalue weighted by atomic mass is 35.5. The Bertz CT molecular complexity index is 757. The molecule has 0 aliphatic heterocycles. The molecule has 3 rings (SSSR count). The van der Waals surface area contributed by atoms with Crippen molar-refractivity contribution in [3.63, 3.8) is 0 Å². The average Bonchev–Trinajstić information content (AvgIpc) is 2.48. The summed E-state index contributed by atoms with van der Waals surface area (Å²) in [6.45, 7) is 0. The van der Waals surface area contributed by atoms with E-state index in [0.717, 1.165) is 30.5 Å². The Kier molecular flexibility index (Phi) is 6.06. The summed E-state index contributed by atoms with van der Waals surface area (Å²) in [5, 5.41) is 0.482. The lowest BCUT2D eigenvalue weighted by molar-refractivity contribution is -0.137. The van der Waals surface area contributed by atoms with Crippen molar-refractivity contribution in [2.75, 3.05) is 0 Å². The third-order valence-corrected chi connectivity index (χ3v) is 4.24. The third-order valence-electron chi connectivity index (χ3n) is 4.01. The van der Waals surface area contributed by atoms with E-state index in [1.54, 1.807) is 6.07 Å². The number of rotatable bonds is 2. The van der Waals surface area contributed by atoms with Gasteiger partial charge in [-0.1, -0.05) is 36.2 Å². The van der Waals surface area contributed by atoms with Crippen LogP contribution in [-0.4, -0.2) is 5.91 Å². The number of primary amides is 1. The molecular weight excluding hydrogens is 358 g/mol. The van der Waals surface area contributed by atoms with Crippen LogP contribution in [0.2, 0.25) is 5.02 Å². The smallest absolute Gasteiger partial charge is 0.366 e. The monoisotopic (exact) mass is 373 g/mol. The molecule has 0 heterocycles. The Morgan fingerprint density at radius 2 is 1.76 bits per heavy atom. The minimum atomic E-state index is -4.54. The van der Waals surface area contributed by atoms with E-state index in [4.69, 9.17) is 17.3 Å². The molecule has 0 spiro atoms. The summed E-state index contributed by atoms with van der Waals surface area (Å²) in [6, 6.07) is 9.37. The van der Waals surface area contributed by atoms with Gasteiger partial charge in [0, 0.05) is 5.02 Å². The number of alkyl halides is 3. The van der Waals surface area contributed by atoms with Crippen molar-refractivity contribution in [2.45, 2.75) is 31.4 Å². The van der Waals surface area contributed by atoms with Gasteiger partial charge in [0.05, 0.1) is 11.1 Å². The van der Waals surface area contributed by atoms with E-state index in [1.807, 2.05) is 6.07 Å². The van der Waals surface area contributed by atoms with E-state index < -0.39 is 23.2 Å². The molecule has 1 amide bonds. The quantitative estimate of drug-likeness (QED) is 0.689. The molecule has 0 aromatic heterocycles. The molecule has 0 saturated heterocycles. The summed E-state index contributed by atoms with van der Waals surface area (Å²) in [7, 11) is 0. The van der Waals surface area contributed by atoms with Crippen molar-refractivity contribution in [2.24, 2.45) is 5.73 Å². The second kappa shape index (κ2) is 7.87. The predicted octanol–water partition coefficient (Wildman–Crippen LogP) is 5.55. The van der Waals surface area contributed by atoms with Crippen LogP contribution < -0.4 is 5.73 Å². The van der Waals surface area contributed by atoms with Crippen LogP contribution in [0, 0.1) is 5.82 Å². The SMILES string of the molecule is Fc1cc(Cl)ccc1C1CCC1.NC(=O)c1ccccc1C(F)(F)F. The van der Waals surface area contributed by atoms with Crippen LogP contribution in [0.15, 0.2) is 42.5 Å². The van der Waals surface area contributed by atoms with Crippen LogP contribution in [0.5, 0.6) is 0 Å². The predicted molar refractivity (Wildman–Crippen MR) is 88.0 cm³/mol. The van der Waals surface area contributed by atoms with E-state index in [-0.39, 0.29) is 5.82 Å². The number of carbonyl (C=O) groups excluding carboxylic acids is 1. The van der Waals surface area contributed by atoms with E-state index >= 15 is 0 Å². The lowest BCUT2D eigenvalue weighted by Crippen LogP contribution is -2.18. The molecule has 1 aliphatic carbocycles. The minimum absolute atomic E-state index is 0.146. The zero-order valence-electron chi connectivity index (χ0n) is 13.1. The van der Waals surface area contributed by atoms with Gasteiger partial charge < -0.3 is 5.73 Å². The Morgan fingerprint density at radius 1 is 1.12 bits per heavy atom. The first-order valence-corrected chi connectivity index (χ1v) is 7.99. The summed E-state index contributed by atoms with van der Waals surface area (Å²) in [5.41, 5.74) is 4.11. The second-order valence-corrected chi connectivity index (χ2v) is 6.14. The summed E-state index contributed by atoms with van der Waals surface area (Å²) in [4.78, 5) is 10.6. The molecule has 2 N–H and O–H groups in total. The normalized spacial score (nSPS) is 14.3. The van der Waals surface area contributed by atoms with E-state index in [0.29, 0.717) is 10.9 Å². The maximum atomic E-state index is 13.2. The van der Waals surface area contributed by atoms with Gasteiger partial charge in [0.25, 0.3) is 0 Å². The Balaban J connectivity index is 0.000000181. The van der Waals surface area contributed by atoms with E-state index in [2.05, 4.69) is 0 Å². The van der Waals surface area contributed by atoms with Gasteiger partial charge in [-0.05, 0) is 48.6 Å². The topological polar surface area (TPSA) is 43.1 Å². The Labute approximate surface area is 147 Å². The number of carbonyl (C=O) groups is 1. The van der Waals surface area contributed by atoms with Gasteiger partial charge in [-0.2, -0.15) is 13.2 Å². The van der Waals surface area contributed by atoms with Crippen LogP contribution in [0.4, 0.5) is 17.6 Å². The average molecular weight is 374 g/mol. The Hall–Kier alpha value is -2.08. The maximum Gasteiger partial charge on any atom is 0.417 e. The van der Waals surface area contributed by atoms with Gasteiger partial charge >= 0.3 is 6.18 Å². The fraction of sp³-hybridized carbons (Fsp3) is 0.278. The minimum Gasteiger partial charge on any atom is -0.366 e. The standard InChI is InChI=1S/C10H10ClF.C8H6F3NO/c11-8-4-5-9(10(12)6-8)7-2-1-3-7;9-8(10,11)6-4-2-1-3-5(6)7(12)13/h4-7H,1-3H2;1-4H,(H2,12,13). The van der Waals surface area contributed by atoms with Crippen LogP contribution in [0.3, 0.4) is 0 Å². The van der Waals surface area contributed by atoms with Crippen molar-refractivity contribution < 1.29 is 22.4 Å². The molecule has 1 saturated carbocycles. The molecular formula is C18H16ClF4NO. The molecule has 25 heavy (non-hydrogen) atoms. The zero-order chi connectivity index (χ0) is 18.6. The van der Waals surface area contributed by atoms with Crippen molar-refractivity contribution >= 4 is 17.5 Å². The summed E-state index contributed by atoms with van der Waals surface area (Å²) in [5.74, 6) is -0.776. The molecule has 2 aromatic carbocycles. The molecule has 1 fully saturated rings. The lowest BCUT2D eigenvalue weighted by Gasteiger charge is -2.26. The van der Waals surface area contributed by atoms with Crippen LogP contribution in [-0.2, 0) is 6.18 Å². The molecule has 0 atom stereocenters. The fourth-order valence-corrected chi connectivity index (χ4v) is 2.66. The maximum absolute atomic E-state index is 13.2. The Morgan fingerprint density at radius 3 is 2.20 bits per heavy atom. The van der Waals surface area contributed by atoms with Gasteiger partial charge in [-0.3, -0.25) is 4.79 Å². The highest BCUT2D eigenvalue weighted by Crippen LogP contribution is 2.38. The first kappa shape index (κ1) is 19.2. The van der Waals surface area contributed by atoms with Crippen molar-refractivity contribution in [1.82, 2.24) is 0 Å². The highest BCUT2D eigenvalue weighted by Gasteiger charge is 2.34. The van der Waals surface area contributed by atoms with Gasteiger partial charge in [0.15, 0.2) is 0 Å². The van der Waals surface area contributed by atoms with Gasteiger partial charge in [-0.15, -0.1) is 0 Å². The lowest BCUT2D eigenvalue weighted by atomic mass is 9.80. The van der Waals surface area contributed by atoms with Gasteiger partial charge in [0.1, 0.15) is 5.82 Å². The highest BCUT2D eigenvalue weighted by molar-refractivity contribution is 6.30. The van der Waals surface area contributed by atoms with Crippen molar-refractivity contribution in [1.29, 1.82) is 0 Å². The number of hydrogen-bond donors (Lipinski definition) is 1. The first-order valence-electron chi connectivity index (χ1n) is 7.61. The van der Waals surface area contributed by atoms with Crippen LogP contribution >= 0.6 is 11.6 Å². The summed E-state index contributed by atoms with van der Waals surface area (Å²) >= 11 is 5.64. The molecule has 134 valence electrons. The molecule has 0 radical (unpaired) electrons. The number of halogens is 5. The summed E-state index contributed by atoms with van der Waals surface area (Å²) < 4.78 is 49.8. The van der Waals surface area contributed by atoms with Crippen LogP contribution in [0.25, 0.3) is 0 Å². The van der Waals surface area contributed by atoms with Crippen molar-refractivity contribution in [3.8, 4) is 0 Å². The van der Waals surface area contributed by atoms with Gasteiger partial charge in [0.2, 0.25) is 5.91 Å². The third kappa shape index (κ3) is 4.95.